The van der Waals surface area contributed by atoms with Gasteiger partial charge in [-0.3, -0.25) is 4.79 Å². The van der Waals surface area contributed by atoms with Gasteiger partial charge in [0, 0.05) is 11.3 Å². The van der Waals surface area contributed by atoms with Gasteiger partial charge in [-0.1, -0.05) is 38.5 Å². The second kappa shape index (κ2) is 9.39. The zero-order chi connectivity index (χ0) is 21.7. The Balaban J connectivity index is 1.70. The van der Waals surface area contributed by atoms with Gasteiger partial charge in [0.1, 0.15) is 17.3 Å². The SMILES string of the molecule is CCC(C)Cc1ccccc1Oc1ccc(NC(=O)c2cc(C)c(F)nc2N)cc1. The molecule has 1 aromatic heterocycles. The Morgan fingerprint density at radius 2 is 1.90 bits per heavy atom. The number of aromatic nitrogens is 1. The lowest BCUT2D eigenvalue weighted by Crippen LogP contribution is -2.16. The predicted octanol–water partition coefficient (Wildman–Crippen LogP) is 5.74. The highest BCUT2D eigenvalue weighted by Gasteiger charge is 2.14. The van der Waals surface area contributed by atoms with E-state index in [4.69, 9.17) is 10.5 Å². The van der Waals surface area contributed by atoms with E-state index in [0.29, 0.717) is 17.4 Å². The van der Waals surface area contributed by atoms with E-state index >= 15 is 0 Å². The fourth-order valence-corrected chi connectivity index (χ4v) is 3.01. The number of ether oxygens (including phenoxy) is 1. The van der Waals surface area contributed by atoms with Gasteiger partial charge in [-0.25, -0.2) is 4.98 Å². The van der Waals surface area contributed by atoms with Crippen molar-refractivity contribution in [3.63, 3.8) is 0 Å². The number of anilines is 2. The van der Waals surface area contributed by atoms with Gasteiger partial charge >= 0.3 is 0 Å². The summed E-state index contributed by atoms with van der Waals surface area (Å²) in [6.45, 7) is 5.93. The summed E-state index contributed by atoms with van der Waals surface area (Å²) in [6, 6.07) is 16.4. The van der Waals surface area contributed by atoms with Crippen LogP contribution in [-0.4, -0.2) is 10.9 Å². The average Bonchev–Trinajstić information content (AvgIpc) is 2.73. The molecule has 3 aromatic rings. The fourth-order valence-electron chi connectivity index (χ4n) is 3.01. The van der Waals surface area contributed by atoms with E-state index in [0.717, 1.165) is 18.6 Å². The van der Waals surface area contributed by atoms with Crippen molar-refractivity contribution in [1.29, 1.82) is 0 Å². The van der Waals surface area contributed by atoms with Crippen molar-refractivity contribution in [3.05, 3.63) is 77.2 Å². The second-order valence-corrected chi connectivity index (χ2v) is 7.43. The normalized spacial score (nSPS) is 11.7. The fraction of sp³-hybridized carbons (Fsp3) is 0.250. The highest BCUT2D eigenvalue weighted by molar-refractivity contribution is 6.07. The van der Waals surface area contributed by atoms with Gasteiger partial charge in [0.2, 0.25) is 5.95 Å². The first-order valence-corrected chi connectivity index (χ1v) is 9.97. The maximum atomic E-state index is 13.5. The molecular weight excluding hydrogens is 381 g/mol. The number of aryl methyl sites for hydroxylation is 1. The van der Waals surface area contributed by atoms with Crippen molar-refractivity contribution in [1.82, 2.24) is 4.98 Å². The Bertz CT molecular complexity index is 1040. The van der Waals surface area contributed by atoms with Gasteiger partial charge in [-0.15, -0.1) is 0 Å². The Labute approximate surface area is 176 Å². The summed E-state index contributed by atoms with van der Waals surface area (Å²) in [5.41, 5.74) is 7.81. The number of carbonyl (C=O) groups excluding carboxylic acids is 1. The highest BCUT2D eigenvalue weighted by atomic mass is 19.1. The van der Waals surface area contributed by atoms with Crippen LogP contribution in [0.2, 0.25) is 0 Å². The summed E-state index contributed by atoms with van der Waals surface area (Å²) in [5.74, 6) is 0.797. The zero-order valence-electron chi connectivity index (χ0n) is 17.4. The van der Waals surface area contributed by atoms with E-state index in [1.165, 1.54) is 18.6 Å². The Hall–Kier alpha value is -3.41. The largest absolute Gasteiger partial charge is 0.457 e. The lowest BCUT2D eigenvalue weighted by Gasteiger charge is -2.14. The monoisotopic (exact) mass is 407 g/mol. The molecular formula is C24H26FN3O2. The van der Waals surface area contributed by atoms with E-state index in [1.807, 2.05) is 18.2 Å². The topological polar surface area (TPSA) is 77.2 Å². The van der Waals surface area contributed by atoms with Crippen molar-refractivity contribution in [2.24, 2.45) is 5.92 Å². The first kappa shape index (κ1) is 21.3. The summed E-state index contributed by atoms with van der Waals surface area (Å²) in [5, 5.41) is 2.74. The summed E-state index contributed by atoms with van der Waals surface area (Å²) < 4.78 is 19.5. The molecule has 3 N–H and O–H groups in total. The summed E-state index contributed by atoms with van der Waals surface area (Å²) in [7, 11) is 0. The molecule has 0 radical (unpaired) electrons. The zero-order valence-corrected chi connectivity index (χ0v) is 17.4. The Morgan fingerprint density at radius 3 is 2.60 bits per heavy atom. The third-order valence-electron chi connectivity index (χ3n) is 5.00. The second-order valence-electron chi connectivity index (χ2n) is 7.43. The summed E-state index contributed by atoms with van der Waals surface area (Å²) in [6.07, 6.45) is 2.06. The van der Waals surface area contributed by atoms with E-state index in [1.54, 1.807) is 24.3 Å². The minimum absolute atomic E-state index is 0.133. The van der Waals surface area contributed by atoms with Crippen molar-refractivity contribution in [2.75, 3.05) is 11.1 Å². The number of hydrogen-bond acceptors (Lipinski definition) is 4. The smallest absolute Gasteiger partial charge is 0.259 e. The van der Waals surface area contributed by atoms with Crippen LogP contribution in [0, 0.1) is 18.8 Å². The molecule has 1 unspecified atom stereocenters. The predicted molar refractivity (Wildman–Crippen MR) is 117 cm³/mol. The third kappa shape index (κ3) is 5.14. The van der Waals surface area contributed by atoms with E-state index in [2.05, 4.69) is 30.2 Å². The van der Waals surface area contributed by atoms with Gasteiger partial charge in [-0.05, 0) is 61.2 Å². The van der Waals surface area contributed by atoms with Gasteiger partial charge in [0.25, 0.3) is 5.91 Å². The molecule has 6 heteroatoms. The molecule has 5 nitrogen and oxygen atoms in total. The molecule has 0 fully saturated rings. The molecule has 1 amide bonds. The van der Waals surface area contributed by atoms with Gasteiger partial charge in [0.05, 0.1) is 5.56 Å². The number of para-hydroxylation sites is 1. The van der Waals surface area contributed by atoms with Crippen LogP contribution in [0.15, 0.2) is 54.6 Å². The van der Waals surface area contributed by atoms with Crippen molar-refractivity contribution in [3.8, 4) is 11.5 Å². The number of pyridine rings is 1. The minimum Gasteiger partial charge on any atom is -0.457 e. The molecule has 30 heavy (non-hydrogen) atoms. The number of nitrogens with one attached hydrogen (secondary N) is 1. The first-order valence-electron chi connectivity index (χ1n) is 9.97. The van der Waals surface area contributed by atoms with Gasteiger partial charge in [-0.2, -0.15) is 4.39 Å². The van der Waals surface area contributed by atoms with E-state index in [-0.39, 0.29) is 16.9 Å². The molecule has 156 valence electrons. The quantitative estimate of drug-likeness (QED) is 0.489. The maximum absolute atomic E-state index is 13.5. The average molecular weight is 407 g/mol. The molecule has 1 heterocycles. The van der Waals surface area contributed by atoms with Crippen LogP contribution in [0.1, 0.15) is 41.8 Å². The standard InChI is InChI=1S/C24H26FN3O2/c1-4-15(2)13-17-7-5-6-8-21(17)30-19-11-9-18(10-12-19)27-24(29)20-14-16(3)22(25)28-23(20)26/h5-12,14-15H,4,13H2,1-3H3,(H2,26,28)(H,27,29). The Kier molecular flexibility index (Phi) is 6.67. The maximum Gasteiger partial charge on any atom is 0.259 e. The first-order chi connectivity index (χ1) is 14.4. The van der Waals surface area contributed by atoms with Crippen LogP contribution in [0.25, 0.3) is 0 Å². The van der Waals surface area contributed by atoms with Crippen LogP contribution in [0.3, 0.4) is 0 Å². The van der Waals surface area contributed by atoms with Gasteiger partial charge in [0.15, 0.2) is 0 Å². The number of nitrogens with two attached hydrogens (primary N) is 1. The Morgan fingerprint density at radius 1 is 1.20 bits per heavy atom. The van der Waals surface area contributed by atoms with Crippen LogP contribution in [0.4, 0.5) is 15.9 Å². The highest BCUT2D eigenvalue weighted by Crippen LogP contribution is 2.28. The van der Waals surface area contributed by atoms with Crippen LogP contribution in [0.5, 0.6) is 11.5 Å². The van der Waals surface area contributed by atoms with Crippen molar-refractivity contribution < 1.29 is 13.9 Å². The van der Waals surface area contributed by atoms with E-state index in [9.17, 15) is 9.18 Å². The van der Waals surface area contributed by atoms with Crippen LogP contribution in [-0.2, 0) is 6.42 Å². The number of amides is 1. The lowest BCUT2D eigenvalue weighted by molar-refractivity contribution is 0.102. The molecule has 2 aromatic carbocycles. The molecule has 0 saturated carbocycles. The summed E-state index contributed by atoms with van der Waals surface area (Å²) in [4.78, 5) is 16.0. The number of halogens is 1. The van der Waals surface area contributed by atoms with Gasteiger partial charge < -0.3 is 15.8 Å². The van der Waals surface area contributed by atoms with Crippen molar-refractivity contribution >= 4 is 17.4 Å². The van der Waals surface area contributed by atoms with Crippen molar-refractivity contribution in [2.45, 2.75) is 33.6 Å². The number of rotatable bonds is 7. The lowest BCUT2D eigenvalue weighted by atomic mass is 9.98. The molecule has 0 bridgehead atoms. The van der Waals surface area contributed by atoms with Crippen LogP contribution >= 0.6 is 0 Å². The number of carbonyl (C=O) groups is 1. The molecule has 3 rings (SSSR count). The number of nitrogens with zero attached hydrogens (tertiary/aromatic N) is 1. The van der Waals surface area contributed by atoms with E-state index < -0.39 is 11.9 Å². The molecule has 0 aliphatic carbocycles. The molecule has 0 spiro atoms. The molecule has 0 aliphatic heterocycles. The third-order valence-corrected chi connectivity index (χ3v) is 5.00. The number of hydrogen-bond donors (Lipinski definition) is 2. The minimum atomic E-state index is -0.681. The number of benzene rings is 2. The van der Waals surface area contributed by atoms with Crippen LogP contribution < -0.4 is 15.8 Å². The summed E-state index contributed by atoms with van der Waals surface area (Å²) >= 11 is 0. The molecule has 0 aliphatic rings. The number of nitrogen functional groups attached to an aromatic ring is 1. The molecule has 1 atom stereocenters. The molecule has 0 saturated heterocycles.